The van der Waals surface area contributed by atoms with E-state index in [1.807, 2.05) is 73.7 Å². The van der Waals surface area contributed by atoms with Gasteiger partial charge in [0.15, 0.2) is 0 Å². The van der Waals surface area contributed by atoms with Gasteiger partial charge in [0.25, 0.3) is 5.91 Å². The molecule has 4 rings (SSSR count). The van der Waals surface area contributed by atoms with Crippen LogP contribution in [0.3, 0.4) is 0 Å². The number of anilines is 1. The molecular weight excluding hydrogens is 336 g/mol. The molecule has 0 aliphatic carbocycles. The normalized spacial score (nSPS) is 14.0. The second kappa shape index (κ2) is 7.23. The topological polar surface area (TPSA) is 40.6 Å². The van der Waals surface area contributed by atoms with Crippen molar-refractivity contribution >= 4 is 28.3 Å². The SMILES string of the molecule is Cc1ccc(N(CN2CCCC2=O)C(=O)c2cccc3ccccc23)cc1. The van der Waals surface area contributed by atoms with Crippen molar-refractivity contribution in [3.05, 3.63) is 77.9 Å². The third-order valence-electron chi connectivity index (χ3n) is 5.09. The molecule has 3 aromatic rings. The maximum Gasteiger partial charge on any atom is 0.260 e. The Bertz CT molecular complexity index is 989. The van der Waals surface area contributed by atoms with Crippen LogP contribution in [0.25, 0.3) is 10.8 Å². The zero-order valence-corrected chi connectivity index (χ0v) is 15.4. The Morgan fingerprint density at radius 1 is 1.00 bits per heavy atom. The Labute approximate surface area is 159 Å². The molecule has 0 bridgehead atoms. The summed E-state index contributed by atoms with van der Waals surface area (Å²) in [6, 6.07) is 21.5. The fraction of sp³-hybridized carbons (Fsp3) is 0.217. The summed E-state index contributed by atoms with van der Waals surface area (Å²) >= 11 is 0. The van der Waals surface area contributed by atoms with Crippen LogP contribution >= 0.6 is 0 Å². The van der Waals surface area contributed by atoms with Crippen LogP contribution in [0.2, 0.25) is 0 Å². The average Bonchev–Trinajstić information content (AvgIpc) is 3.10. The van der Waals surface area contributed by atoms with E-state index in [-0.39, 0.29) is 18.5 Å². The number of fused-ring (bicyclic) bond motifs is 1. The molecule has 2 amide bonds. The molecule has 0 radical (unpaired) electrons. The average molecular weight is 358 g/mol. The molecule has 0 saturated carbocycles. The molecular formula is C23H22N2O2. The van der Waals surface area contributed by atoms with Gasteiger partial charge in [-0.1, -0.05) is 54.1 Å². The molecule has 1 heterocycles. The highest BCUT2D eigenvalue weighted by Gasteiger charge is 2.27. The largest absolute Gasteiger partial charge is 0.324 e. The van der Waals surface area contributed by atoms with E-state index >= 15 is 0 Å². The third-order valence-corrected chi connectivity index (χ3v) is 5.09. The van der Waals surface area contributed by atoms with Crippen LogP contribution in [0.1, 0.15) is 28.8 Å². The number of carbonyl (C=O) groups is 2. The Kier molecular flexibility index (Phi) is 4.63. The second-order valence-electron chi connectivity index (χ2n) is 7.00. The van der Waals surface area contributed by atoms with E-state index in [0.717, 1.165) is 28.4 Å². The van der Waals surface area contributed by atoms with E-state index in [0.29, 0.717) is 18.5 Å². The lowest BCUT2D eigenvalue weighted by Crippen LogP contribution is -2.42. The molecule has 1 saturated heterocycles. The lowest BCUT2D eigenvalue weighted by atomic mass is 10.0. The molecule has 0 aromatic heterocycles. The van der Waals surface area contributed by atoms with Crippen molar-refractivity contribution in [3.63, 3.8) is 0 Å². The van der Waals surface area contributed by atoms with Crippen LogP contribution in [0.5, 0.6) is 0 Å². The quantitative estimate of drug-likeness (QED) is 0.695. The van der Waals surface area contributed by atoms with E-state index in [9.17, 15) is 9.59 Å². The molecule has 0 spiro atoms. The van der Waals surface area contributed by atoms with E-state index in [1.165, 1.54) is 0 Å². The third kappa shape index (κ3) is 3.43. The number of hydrogen-bond donors (Lipinski definition) is 0. The smallest absolute Gasteiger partial charge is 0.260 e. The number of aryl methyl sites for hydroxylation is 1. The van der Waals surface area contributed by atoms with Crippen molar-refractivity contribution in [1.82, 2.24) is 4.90 Å². The molecule has 4 nitrogen and oxygen atoms in total. The van der Waals surface area contributed by atoms with Crippen molar-refractivity contribution in [1.29, 1.82) is 0 Å². The Morgan fingerprint density at radius 2 is 1.74 bits per heavy atom. The molecule has 4 heteroatoms. The highest BCUT2D eigenvalue weighted by Crippen LogP contribution is 2.25. The van der Waals surface area contributed by atoms with Crippen LogP contribution in [0.15, 0.2) is 66.7 Å². The maximum absolute atomic E-state index is 13.5. The standard InChI is InChI=1S/C23H22N2O2/c1-17-11-13-19(14-12-17)25(16-24-15-5-10-22(24)26)23(27)21-9-4-7-18-6-2-3-8-20(18)21/h2-4,6-9,11-14H,5,10,15-16H2,1H3. The van der Waals surface area contributed by atoms with Crippen molar-refractivity contribution < 1.29 is 9.59 Å². The summed E-state index contributed by atoms with van der Waals surface area (Å²) < 4.78 is 0. The summed E-state index contributed by atoms with van der Waals surface area (Å²) in [6.07, 6.45) is 1.41. The maximum atomic E-state index is 13.5. The summed E-state index contributed by atoms with van der Waals surface area (Å²) in [4.78, 5) is 29.2. The zero-order valence-electron chi connectivity index (χ0n) is 15.4. The summed E-state index contributed by atoms with van der Waals surface area (Å²) in [5.41, 5.74) is 2.59. The first kappa shape index (κ1) is 17.3. The number of hydrogen-bond acceptors (Lipinski definition) is 2. The molecule has 0 N–H and O–H groups in total. The van der Waals surface area contributed by atoms with Crippen LogP contribution in [0.4, 0.5) is 5.69 Å². The van der Waals surface area contributed by atoms with E-state index < -0.39 is 0 Å². The predicted molar refractivity (Wildman–Crippen MR) is 108 cm³/mol. The van der Waals surface area contributed by atoms with Gasteiger partial charge in [0.2, 0.25) is 5.91 Å². The van der Waals surface area contributed by atoms with Crippen LogP contribution in [0, 0.1) is 6.92 Å². The fourth-order valence-electron chi connectivity index (χ4n) is 3.57. The van der Waals surface area contributed by atoms with E-state index in [4.69, 9.17) is 0 Å². The van der Waals surface area contributed by atoms with Gasteiger partial charge in [-0.3, -0.25) is 14.5 Å². The van der Waals surface area contributed by atoms with Gasteiger partial charge in [0.1, 0.15) is 6.67 Å². The first-order chi connectivity index (χ1) is 13.1. The molecule has 1 aliphatic heterocycles. The number of likely N-dealkylation sites (tertiary alicyclic amines) is 1. The fourth-order valence-corrected chi connectivity index (χ4v) is 3.57. The number of carbonyl (C=O) groups excluding carboxylic acids is 2. The van der Waals surface area contributed by atoms with Crippen LogP contribution in [-0.4, -0.2) is 29.9 Å². The van der Waals surface area contributed by atoms with Gasteiger partial charge in [-0.25, -0.2) is 0 Å². The Morgan fingerprint density at radius 3 is 2.48 bits per heavy atom. The first-order valence-corrected chi connectivity index (χ1v) is 9.27. The summed E-state index contributed by atoms with van der Waals surface area (Å²) in [5, 5.41) is 1.96. The molecule has 136 valence electrons. The Balaban J connectivity index is 1.75. The predicted octanol–water partition coefficient (Wildman–Crippen LogP) is 4.37. The second-order valence-corrected chi connectivity index (χ2v) is 7.00. The Hall–Kier alpha value is -3.14. The van der Waals surface area contributed by atoms with E-state index in [1.54, 1.807) is 9.80 Å². The van der Waals surface area contributed by atoms with Crippen LogP contribution in [-0.2, 0) is 4.79 Å². The van der Waals surface area contributed by atoms with Crippen molar-refractivity contribution in [2.45, 2.75) is 19.8 Å². The van der Waals surface area contributed by atoms with E-state index in [2.05, 4.69) is 0 Å². The van der Waals surface area contributed by atoms with Gasteiger partial charge in [-0.05, 0) is 42.3 Å². The molecule has 1 fully saturated rings. The van der Waals surface area contributed by atoms with Gasteiger partial charge < -0.3 is 4.90 Å². The molecule has 1 aliphatic rings. The highest BCUT2D eigenvalue weighted by molar-refractivity contribution is 6.14. The lowest BCUT2D eigenvalue weighted by molar-refractivity contribution is -0.127. The summed E-state index contributed by atoms with van der Waals surface area (Å²) in [7, 11) is 0. The number of amides is 2. The van der Waals surface area contributed by atoms with Crippen molar-refractivity contribution in [3.8, 4) is 0 Å². The van der Waals surface area contributed by atoms with Crippen LogP contribution < -0.4 is 4.90 Å². The minimum Gasteiger partial charge on any atom is -0.324 e. The molecule has 3 aromatic carbocycles. The molecule has 0 atom stereocenters. The minimum absolute atomic E-state index is 0.0876. The monoisotopic (exact) mass is 358 g/mol. The number of benzene rings is 3. The highest BCUT2D eigenvalue weighted by atomic mass is 16.2. The molecule has 27 heavy (non-hydrogen) atoms. The van der Waals surface area contributed by atoms with Crippen molar-refractivity contribution in [2.24, 2.45) is 0 Å². The van der Waals surface area contributed by atoms with Crippen molar-refractivity contribution in [2.75, 3.05) is 18.1 Å². The van der Waals surface area contributed by atoms with Gasteiger partial charge in [-0.2, -0.15) is 0 Å². The minimum atomic E-state index is -0.0876. The van der Waals surface area contributed by atoms with Gasteiger partial charge in [0.05, 0.1) is 0 Å². The molecule has 0 unspecified atom stereocenters. The first-order valence-electron chi connectivity index (χ1n) is 9.27. The summed E-state index contributed by atoms with van der Waals surface area (Å²) in [6.45, 7) is 3.00. The van der Waals surface area contributed by atoms with Gasteiger partial charge in [0, 0.05) is 24.2 Å². The number of rotatable bonds is 4. The summed E-state index contributed by atoms with van der Waals surface area (Å²) in [5.74, 6) is 0.0215. The lowest BCUT2D eigenvalue weighted by Gasteiger charge is -2.28. The van der Waals surface area contributed by atoms with Gasteiger partial charge >= 0.3 is 0 Å². The van der Waals surface area contributed by atoms with Gasteiger partial charge in [-0.15, -0.1) is 0 Å². The number of nitrogens with zero attached hydrogens (tertiary/aromatic N) is 2. The zero-order chi connectivity index (χ0) is 18.8.